The van der Waals surface area contributed by atoms with E-state index in [-0.39, 0.29) is 6.04 Å². The van der Waals surface area contributed by atoms with E-state index in [9.17, 15) is 8.42 Å². The van der Waals surface area contributed by atoms with Gasteiger partial charge in [0, 0.05) is 24.7 Å². The van der Waals surface area contributed by atoms with Crippen LogP contribution in [0.5, 0.6) is 0 Å². The molecule has 6 heteroatoms. The second kappa shape index (κ2) is 4.61. The van der Waals surface area contributed by atoms with Gasteiger partial charge in [0.2, 0.25) is 0 Å². The zero-order valence-electron chi connectivity index (χ0n) is 10.6. The number of fused-ring (bicyclic) bond motifs is 1. The number of amidine groups is 1. The van der Waals surface area contributed by atoms with Crippen LogP contribution in [0.2, 0.25) is 0 Å². The molecule has 0 spiro atoms. The monoisotopic (exact) mass is 279 g/mol. The molecule has 0 aromatic heterocycles. The highest BCUT2D eigenvalue weighted by molar-refractivity contribution is 7.90. The van der Waals surface area contributed by atoms with Crippen LogP contribution >= 0.6 is 0 Å². The molecule has 1 saturated heterocycles. The predicted molar refractivity (Wildman–Crippen MR) is 73.6 cm³/mol. The fraction of sp³-hybridized carbons (Fsp3) is 0.462. The second-order valence-corrected chi connectivity index (χ2v) is 6.54. The van der Waals surface area contributed by atoms with Crippen molar-refractivity contribution in [3.8, 4) is 0 Å². The van der Waals surface area contributed by atoms with E-state index in [0.29, 0.717) is 22.8 Å². The van der Waals surface area contributed by atoms with E-state index in [4.69, 9.17) is 5.73 Å². The smallest absolute Gasteiger partial charge is 0.285 e. The molecule has 2 N–H and O–H groups in total. The van der Waals surface area contributed by atoms with Crippen molar-refractivity contribution in [2.24, 2.45) is 10.1 Å². The summed E-state index contributed by atoms with van der Waals surface area (Å²) in [4.78, 5) is 2.37. The van der Waals surface area contributed by atoms with Crippen molar-refractivity contribution in [2.75, 3.05) is 13.1 Å². The molecule has 3 rings (SSSR count). The predicted octanol–water partition coefficient (Wildman–Crippen LogP) is 0.949. The first-order valence-corrected chi connectivity index (χ1v) is 7.98. The molecule has 102 valence electrons. The first-order valence-electron chi connectivity index (χ1n) is 6.54. The van der Waals surface area contributed by atoms with Crippen LogP contribution in [0.4, 0.5) is 0 Å². The maximum atomic E-state index is 12.1. The quantitative estimate of drug-likeness (QED) is 0.830. The van der Waals surface area contributed by atoms with Gasteiger partial charge in [-0.25, -0.2) is 0 Å². The third-order valence-corrected chi connectivity index (χ3v) is 5.11. The summed E-state index contributed by atoms with van der Waals surface area (Å²) in [7, 11) is -3.53. The van der Waals surface area contributed by atoms with Crippen molar-refractivity contribution in [3.05, 3.63) is 29.8 Å². The lowest BCUT2D eigenvalue weighted by Gasteiger charge is -2.36. The average molecular weight is 279 g/mol. The first-order chi connectivity index (χ1) is 9.13. The molecule has 19 heavy (non-hydrogen) atoms. The van der Waals surface area contributed by atoms with Crippen molar-refractivity contribution >= 4 is 15.9 Å². The Labute approximate surface area is 113 Å². The summed E-state index contributed by atoms with van der Waals surface area (Å²) in [6, 6.07) is 7.19. The van der Waals surface area contributed by atoms with Gasteiger partial charge in [0.25, 0.3) is 10.0 Å². The molecule has 1 aromatic carbocycles. The van der Waals surface area contributed by atoms with Crippen LogP contribution in [-0.2, 0) is 10.0 Å². The first kappa shape index (κ1) is 12.6. The minimum absolute atomic E-state index is 0.189. The van der Waals surface area contributed by atoms with E-state index < -0.39 is 10.0 Å². The molecule has 0 saturated carbocycles. The van der Waals surface area contributed by atoms with Crippen molar-refractivity contribution in [1.82, 2.24) is 4.90 Å². The normalized spacial score (nSPS) is 25.0. The van der Waals surface area contributed by atoms with Gasteiger partial charge >= 0.3 is 0 Å². The maximum Gasteiger partial charge on any atom is 0.285 e. The summed E-state index contributed by atoms with van der Waals surface area (Å²) >= 11 is 0. The molecule has 1 atom stereocenters. The summed E-state index contributed by atoms with van der Waals surface area (Å²) in [5, 5.41) is 0. The topological polar surface area (TPSA) is 75.8 Å². The number of likely N-dealkylation sites (tertiary alicyclic amines) is 1. The highest BCUT2D eigenvalue weighted by atomic mass is 32.2. The summed E-state index contributed by atoms with van der Waals surface area (Å²) in [5.74, 6) is 0.575. The third-order valence-electron chi connectivity index (χ3n) is 3.78. The molecule has 0 aliphatic carbocycles. The molecule has 2 heterocycles. The van der Waals surface area contributed by atoms with Crippen LogP contribution < -0.4 is 5.73 Å². The molecule has 0 unspecified atom stereocenters. The van der Waals surface area contributed by atoms with E-state index in [1.165, 1.54) is 0 Å². The van der Waals surface area contributed by atoms with Gasteiger partial charge in [0.1, 0.15) is 4.90 Å². The van der Waals surface area contributed by atoms with Gasteiger partial charge in [-0.15, -0.1) is 4.40 Å². The molecule has 1 fully saturated rings. The molecule has 2 aliphatic rings. The highest BCUT2D eigenvalue weighted by Crippen LogP contribution is 2.30. The van der Waals surface area contributed by atoms with Crippen LogP contribution in [-0.4, -0.2) is 38.3 Å². The minimum atomic E-state index is -3.53. The Kier molecular flexibility index (Phi) is 3.06. The van der Waals surface area contributed by atoms with E-state index >= 15 is 0 Å². The maximum absolute atomic E-state index is 12.1. The SMILES string of the molecule is NC[C@H]1CCCCN1C1=NS(=O)(=O)c2ccccc21. The van der Waals surface area contributed by atoms with Gasteiger partial charge in [-0.2, -0.15) is 8.42 Å². The van der Waals surface area contributed by atoms with Crippen LogP contribution in [0, 0.1) is 0 Å². The number of hydrogen-bond donors (Lipinski definition) is 1. The van der Waals surface area contributed by atoms with E-state index in [2.05, 4.69) is 9.30 Å². The lowest BCUT2D eigenvalue weighted by atomic mass is 10.0. The Morgan fingerprint density at radius 2 is 2.11 bits per heavy atom. The summed E-state index contributed by atoms with van der Waals surface area (Å²) in [6.45, 7) is 1.35. The standard InChI is InChI=1S/C13H17N3O2S/c14-9-10-5-3-4-8-16(10)13-11-6-1-2-7-12(11)19(17,18)15-13/h1-2,6-7,10H,3-5,8-9,14H2/t10-/m1/s1. The van der Waals surface area contributed by atoms with E-state index in [1.807, 2.05) is 12.1 Å². The number of rotatable bonds is 1. The van der Waals surface area contributed by atoms with Gasteiger partial charge in [0.05, 0.1) is 0 Å². The number of benzene rings is 1. The van der Waals surface area contributed by atoms with Crippen molar-refractivity contribution in [1.29, 1.82) is 0 Å². The Hall–Kier alpha value is -1.40. The Bertz CT molecular complexity index is 625. The summed E-state index contributed by atoms with van der Waals surface area (Å²) in [6.07, 6.45) is 3.19. The van der Waals surface area contributed by atoms with Crippen LogP contribution in [0.1, 0.15) is 24.8 Å². The number of nitrogens with zero attached hydrogens (tertiary/aromatic N) is 2. The average Bonchev–Trinajstić information content (AvgIpc) is 2.71. The largest absolute Gasteiger partial charge is 0.351 e. The van der Waals surface area contributed by atoms with Crippen LogP contribution in [0.15, 0.2) is 33.6 Å². The minimum Gasteiger partial charge on any atom is -0.351 e. The van der Waals surface area contributed by atoms with Gasteiger partial charge in [0.15, 0.2) is 5.84 Å². The number of hydrogen-bond acceptors (Lipinski definition) is 4. The van der Waals surface area contributed by atoms with Gasteiger partial charge in [-0.1, -0.05) is 12.1 Å². The zero-order chi connectivity index (χ0) is 13.5. The van der Waals surface area contributed by atoms with Crippen LogP contribution in [0.25, 0.3) is 0 Å². The number of nitrogens with two attached hydrogens (primary N) is 1. The molecule has 2 aliphatic heterocycles. The molecular formula is C13H17N3O2S. The molecule has 0 bridgehead atoms. The Morgan fingerprint density at radius 1 is 1.32 bits per heavy atom. The Balaban J connectivity index is 2.06. The number of sulfonamides is 1. The van der Waals surface area contributed by atoms with Gasteiger partial charge in [-0.05, 0) is 31.4 Å². The lowest BCUT2D eigenvalue weighted by Crippen LogP contribution is -2.47. The second-order valence-electron chi connectivity index (χ2n) is 4.96. The molecule has 5 nitrogen and oxygen atoms in total. The molecule has 0 radical (unpaired) electrons. The van der Waals surface area contributed by atoms with Crippen molar-refractivity contribution < 1.29 is 8.42 Å². The van der Waals surface area contributed by atoms with Crippen molar-refractivity contribution in [2.45, 2.75) is 30.2 Å². The highest BCUT2D eigenvalue weighted by Gasteiger charge is 2.34. The molecule has 0 amide bonds. The van der Waals surface area contributed by atoms with Gasteiger partial charge in [-0.3, -0.25) is 0 Å². The fourth-order valence-electron chi connectivity index (χ4n) is 2.82. The summed E-state index contributed by atoms with van der Waals surface area (Å²) in [5.41, 5.74) is 6.51. The van der Waals surface area contributed by atoms with E-state index in [1.54, 1.807) is 12.1 Å². The Morgan fingerprint density at radius 3 is 2.89 bits per heavy atom. The molecular weight excluding hydrogens is 262 g/mol. The number of piperidine rings is 1. The summed E-state index contributed by atoms with van der Waals surface area (Å²) < 4.78 is 28.1. The molecule has 1 aromatic rings. The van der Waals surface area contributed by atoms with Gasteiger partial charge < -0.3 is 10.6 Å². The fourth-order valence-corrected chi connectivity index (χ4v) is 4.04. The van der Waals surface area contributed by atoms with Crippen LogP contribution in [0.3, 0.4) is 0 Å². The van der Waals surface area contributed by atoms with E-state index in [0.717, 1.165) is 25.8 Å². The van der Waals surface area contributed by atoms with Crippen molar-refractivity contribution in [3.63, 3.8) is 0 Å². The lowest BCUT2D eigenvalue weighted by molar-refractivity contribution is 0.248. The zero-order valence-corrected chi connectivity index (χ0v) is 11.4. The third kappa shape index (κ3) is 2.04.